The van der Waals surface area contributed by atoms with E-state index in [2.05, 4.69) is 104 Å². The van der Waals surface area contributed by atoms with Crippen LogP contribution in [-0.2, 0) is 22.4 Å². The molecule has 41 heavy (non-hydrogen) atoms. The number of rotatable bonds is 4. The van der Waals surface area contributed by atoms with Crippen molar-refractivity contribution >= 4 is 52.9 Å². The Hall–Kier alpha value is 0.900. The molecule has 4 aliphatic rings. The molecule has 0 N–H and O–H groups in total. The van der Waals surface area contributed by atoms with E-state index >= 15 is 0 Å². The molecule has 0 nitrogen and oxygen atoms in total. The summed E-state index contributed by atoms with van der Waals surface area (Å²) in [6.07, 6.45) is 11.8. The molecule has 4 fully saturated rings. The summed E-state index contributed by atoms with van der Waals surface area (Å²) in [5.41, 5.74) is 7.82. The Kier molecular flexibility index (Phi) is 13.1. The Balaban J connectivity index is 0.000000184. The number of hydrogen-bond donors (Lipinski definition) is 0. The van der Waals surface area contributed by atoms with E-state index in [1.54, 1.807) is 0 Å². The van der Waals surface area contributed by atoms with Crippen molar-refractivity contribution in [2.75, 3.05) is 0 Å². The van der Waals surface area contributed by atoms with Crippen LogP contribution in [0.3, 0.4) is 0 Å². The third-order valence-electron chi connectivity index (χ3n) is 11.5. The first-order valence-corrected chi connectivity index (χ1v) is 23.5. The molecule has 0 unspecified atom stereocenters. The van der Waals surface area contributed by atoms with Gasteiger partial charge in [-0.15, -0.1) is 0 Å². The summed E-state index contributed by atoms with van der Waals surface area (Å²) in [6.45, 7) is 20.2. The number of benzene rings is 2. The van der Waals surface area contributed by atoms with Crippen LogP contribution in [0, 0.1) is 0 Å². The van der Waals surface area contributed by atoms with Crippen molar-refractivity contribution in [3.8, 4) is 0 Å². The Morgan fingerprint density at radius 1 is 0.341 bits per heavy atom. The zero-order chi connectivity index (χ0) is 28.6. The first-order chi connectivity index (χ1) is 19.2. The van der Waals surface area contributed by atoms with E-state index in [-0.39, 0.29) is 54.1 Å². The van der Waals surface area contributed by atoms with Gasteiger partial charge in [-0.25, -0.2) is 0 Å². The minimum absolute atomic E-state index is 0. The van der Waals surface area contributed by atoms with Gasteiger partial charge in [-0.2, -0.15) is 0 Å². The fourth-order valence-electron chi connectivity index (χ4n) is 9.28. The molecule has 4 saturated heterocycles. The molecule has 0 spiro atoms. The smallest absolute Gasteiger partial charge is 0.0581 e. The molecule has 0 amide bonds. The van der Waals surface area contributed by atoms with Crippen LogP contribution in [-0.4, -0.2) is 45.3 Å². The average Bonchev–Trinajstić information content (AvgIpc) is 3.66. The third-order valence-corrected chi connectivity index (χ3v) is 27.0. The summed E-state index contributed by atoms with van der Waals surface area (Å²) in [7, 11) is -1.33. The van der Waals surface area contributed by atoms with E-state index in [1.165, 1.54) is 51.4 Å². The van der Waals surface area contributed by atoms with Crippen LogP contribution in [0.25, 0.3) is 0 Å². The molecule has 8 atom stereocenters. The predicted molar refractivity (Wildman–Crippen MR) is 197 cm³/mol. The molecular formula is C36H60AuP4+4. The van der Waals surface area contributed by atoms with Crippen LogP contribution < -0.4 is 21.2 Å². The van der Waals surface area contributed by atoms with Gasteiger partial charge < -0.3 is 0 Å². The largest absolute Gasteiger partial charge is 0.133 e. The van der Waals surface area contributed by atoms with Crippen molar-refractivity contribution in [1.82, 2.24) is 0 Å². The van der Waals surface area contributed by atoms with Crippen LogP contribution in [0.5, 0.6) is 0 Å². The second-order valence-corrected chi connectivity index (χ2v) is 28.1. The molecule has 5 heteroatoms. The predicted octanol–water partition coefficient (Wildman–Crippen LogP) is 9.01. The molecule has 231 valence electrons. The van der Waals surface area contributed by atoms with Crippen molar-refractivity contribution in [2.24, 2.45) is 0 Å². The summed E-state index contributed by atoms with van der Waals surface area (Å²) in [5.74, 6) is 0. The minimum Gasteiger partial charge on any atom is -0.0581 e. The van der Waals surface area contributed by atoms with Crippen molar-refractivity contribution < 1.29 is 22.4 Å². The van der Waals surface area contributed by atoms with E-state index in [4.69, 9.17) is 0 Å². The Labute approximate surface area is 274 Å². The van der Waals surface area contributed by atoms with Crippen LogP contribution in [0.1, 0.15) is 107 Å². The molecule has 0 aliphatic carbocycles. The van der Waals surface area contributed by atoms with Crippen LogP contribution in [0.15, 0.2) is 48.5 Å². The minimum atomic E-state index is -0.332. The number of hydrogen-bond acceptors (Lipinski definition) is 0. The second-order valence-electron chi connectivity index (χ2n) is 14.4. The van der Waals surface area contributed by atoms with Crippen molar-refractivity contribution in [2.45, 2.75) is 152 Å². The SMILES string of the molecule is C[C@@H]1CC[C@@H](C)[PH+]1c1ccccc1[PH+]1[C@H](C)CC[C@H]1C.C[C@@H]1CC[C@@H](C)[PH+]1c1ccccc1[PH+]1[C@H](C)CC[C@H]1C.[Au]. The maximum absolute atomic E-state index is 2.52. The Bertz CT molecular complexity index is 909. The normalized spacial score (nSPS) is 34.9. The van der Waals surface area contributed by atoms with Gasteiger partial charge in [-0.1, -0.05) is 24.3 Å². The van der Waals surface area contributed by atoms with Crippen LogP contribution in [0.2, 0.25) is 0 Å². The van der Waals surface area contributed by atoms with Gasteiger partial charge in [0.05, 0.1) is 45.3 Å². The first kappa shape index (κ1) is 34.8. The fourth-order valence-corrected chi connectivity index (χ4v) is 25.7. The third kappa shape index (κ3) is 7.49. The molecule has 0 saturated carbocycles. The standard InChI is InChI=1S/2C18H28P2.Au/c2*1-13-9-10-14(2)19(13)17-7-5-6-8-18(17)20-15(3)11-12-16(20)4;/h2*5-8,13-16H,9-12H2,1-4H3;/p+4/t2*13-,14-,15-,16-;/m11./s1. The van der Waals surface area contributed by atoms with Crippen molar-refractivity contribution in [3.05, 3.63) is 48.5 Å². The molecule has 1 radical (unpaired) electrons. The van der Waals surface area contributed by atoms with Crippen molar-refractivity contribution in [3.63, 3.8) is 0 Å². The van der Waals surface area contributed by atoms with E-state index in [0.29, 0.717) is 0 Å². The zero-order valence-corrected chi connectivity index (χ0v) is 33.4. The fraction of sp³-hybridized carbons (Fsp3) is 0.667. The molecule has 0 aromatic heterocycles. The molecule has 2 aromatic rings. The average molecular weight is 814 g/mol. The summed E-state index contributed by atoms with van der Waals surface area (Å²) < 4.78 is 0. The summed E-state index contributed by atoms with van der Waals surface area (Å²) in [6, 6.07) is 19.3. The summed E-state index contributed by atoms with van der Waals surface area (Å²) >= 11 is 0. The van der Waals surface area contributed by atoms with E-state index in [9.17, 15) is 0 Å². The quantitative estimate of drug-likeness (QED) is 0.214. The van der Waals surface area contributed by atoms with E-state index < -0.39 is 0 Å². The van der Waals surface area contributed by atoms with Crippen LogP contribution >= 0.6 is 31.7 Å². The van der Waals surface area contributed by atoms with Gasteiger partial charge in [0, 0.05) is 54.1 Å². The summed E-state index contributed by atoms with van der Waals surface area (Å²) in [4.78, 5) is 0. The zero-order valence-electron chi connectivity index (χ0n) is 27.2. The Morgan fingerprint density at radius 3 is 0.634 bits per heavy atom. The van der Waals surface area contributed by atoms with E-state index in [1.807, 2.05) is 21.2 Å². The van der Waals surface area contributed by atoms with Gasteiger partial charge in [-0.05, 0) is 131 Å². The van der Waals surface area contributed by atoms with Gasteiger partial charge in [0.1, 0.15) is 21.2 Å². The summed E-state index contributed by atoms with van der Waals surface area (Å²) in [5, 5.41) is 7.35. The topological polar surface area (TPSA) is 0 Å². The van der Waals surface area contributed by atoms with E-state index in [0.717, 1.165) is 45.3 Å². The van der Waals surface area contributed by atoms with Gasteiger partial charge in [0.25, 0.3) is 0 Å². The van der Waals surface area contributed by atoms with Crippen molar-refractivity contribution in [1.29, 1.82) is 0 Å². The molecule has 0 bridgehead atoms. The first-order valence-electron chi connectivity index (χ1n) is 16.8. The molecular weight excluding hydrogens is 753 g/mol. The Morgan fingerprint density at radius 2 is 0.488 bits per heavy atom. The van der Waals surface area contributed by atoms with Gasteiger partial charge in [0.2, 0.25) is 0 Å². The molecule has 4 aliphatic heterocycles. The van der Waals surface area contributed by atoms with Gasteiger partial charge >= 0.3 is 0 Å². The molecule has 4 heterocycles. The molecule has 2 aromatic carbocycles. The van der Waals surface area contributed by atoms with Crippen LogP contribution in [0.4, 0.5) is 0 Å². The second kappa shape index (κ2) is 15.5. The maximum atomic E-state index is 2.52. The molecule has 6 rings (SSSR count). The maximum Gasteiger partial charge on any atom is 0.133 e. The van der Waals surface area contributed by atoms with Gasteiger partial charge in [-0.3, -0.25) is 0 Å². The van der Waals surface area contributed by atoms with Gasteiger partial charge in [0.15, 0.2) is 0 Å². The monoisotopic (exact) mass is 813 g/mol.